The zero-order chi connectivity index (χ0) is 20.7. The van der Waals surface area contributed by atoms with Gasteiger partial charge in [0.15, 0.2) is 0 Å². The topological polar surface area (TPSA) is 69.3 Å². The van der Waals surface area contributed by atoms with E-state index in [0.717, 1.165) is 62.4 Å². The van der Waals surface area contributed by atoms with Crippen molar-refractivity contribution in [1.82, 2.24) is 19.8 Å². The smallest absolute Gasteiger partial charge is 0.256 e. The maximum Gasteiger partial charge on any atom is 0.256 e. The number of hydrogen-bond acceptors (Lipinski definition) is 4. The minimum atomic E-state index is -0.219. The summed E-state index contributed by atoms with van der Waals surface area (Å²) in [6.07, 6.45) is 4.64. The summed E-state index contributed by atoms with van der Waals surface area (Å²) in [5.41, 5.74) is 2.49. The molecule has 0 spiro atoms. The predicted molar refractivity (Wildman–Crippen MR) is 110 cm³/mol. The molecule has 0 radical (unpaired) electrons. The second-order valence-electron chi connectivity index (χ2n) is 8.86. The van der Waals surface area contributed by atoms with E-state index in [1.54, 1.807) is 0 Å². The number of piperidine rings is 1. The van der Waals surface area contributed by atoms with Crippen LogP contribution in [0.4, 0.5) is 4.39 Å². The van der Waals surface area contributed by atoms with E-state index < -0.39 is 0 Å². The van der Waals surface area contributed by atoms with Crippen LogP contribution >= 0.6 is 0 Å². The van der Waals surface area contributed by atoms with Gasteiger partial charge < -0.3 is 9.88 Å². The van der Waals surface area contributed by atoms with E-state index in [4.69, 9.17) is 4.98 Å². The molecule has 3 heterocycles. The van der Waals surface area contributed by atoms with Gasteiger partial charge in [0.05, 0.1) is 17.8 Å². The van der Waals surface area contributed by atoms with Gasteiger partial charge in [-0.25, -0.2) is 9.37 Å². The largest absolute Gasteiger partial charge is 0.337 e. The number of rotatable bonds is 4. The number of nitrogens with one attached hydrogen (secondary N) is 1. The second-order valence-corrected chi connectivity index (χ2v) is 8.86. The molecule has 1 N–H and O–H groups in total. The van der Waals surface area contributed by atoms with Gasteiger partial charge in [-0.2, -0.15) is 0 Å². The average molecular weight is 410 g/mol. The van der Waals surface area contributed by atoms with Crippen molar-refractivity contribution in [2.75, 3.05) is 19.6 Å². The van der Waals surface area contributed by atoms with Gasteiger partial charge >= 0.3 is 0 Å². The monoisotopic (exact) mass is 410 g/mol. The minimum Gasteiger partial charge on any atom is -0.337 e. The molecule has 0 unspecified atom stereocenters. The van der Waals surface area contributed by atoms with E-state index in [1.165, 1.54) is 12.1 Å². The van der Waals surface area contributed by atoms with Crippen molar-refractivity contribution in [3.63, 3.8) is 0 Å². The lowest BCUT2D eigenvalue weighted by atomic mass is 9.96. The molecule has 6 nitrogen and oxygen atoms in total. The van der Waals surface area contributed by atoms with Gasteiger partial charge in [-0.1, -0.05) is 12.1 Å². The third-order valence-corrected chi connectivity index (χ3v) is 6.54. The molecule has 1 atom stereocenters. The molecule has 1 saturated heterocycles. The molecular formula is C23H27FN4O2. The van der Waals surface area contributed by atoms with Crippen LogP contribution < -0.4 is 5.56 Å². The molecule has 5 rings (SSSR count). The number of aromatic nitrogens is 2. The van der Waals surface area contributed by atoms with Gasteiger partial charge in [0.2, 0.25) is 5.91 Å². The van der Waals surface area contributed by atoms with Crippen LogP contribution in [0.15, 0.2) is 29.1 Å². The van der Waals surface area contributed by atoms with Crippen LogP contribution in [-0.4, -0.2) is 45.3 Å². The first-order valence-electron chi connectivity index (χ1n) is 10.9. The van der Waals surface area contributed by atoms with E-state index in [-0.39, 0.29) is 29.1 Å². The summed E-state index contributed by atoms with van der Waals surface area (Å²) < 4.78 is 13.2. The number of carbonyl (C=O) groups excluding carboxylic acids is 1. The van der Waals surface area contributed by atoms with Crippen molar-refractivity contribution in [1.29, 1.82) is 0 Å². The lowest BCUT2D eigenvalue weighted by Gasteiger charge is -2.33. The number of carbonyl (C=O) groups is 1. The molecule has 0 bridgehead atoms. The summed E-state index contributed by atoms with van der Waals surface area (Å²) >= 11 is 0. The number of fused-ring (bicyclic) bond motifs is 1. The fourth-order valence-corrected chi connectivity index (χ4v) is 4.68. The highest BCUT2D eigenvalue weighted by Crippen LogP contribution is 2.32. The van der Waals surface area contributed by atoms with Crippen molar-refractivity contribution < 1.29 is 9.18 Å². The van der Waals surface area contributed by atoms with Crippen LogP contribution in [0, 0.1) is 11.7 Å². The molecule has 158 valence electrons. The Morgan fingerprint density at radius 2 is 1.97 bits per heavy atom. The van der Waals surface area contributed by atoms with Gasteiger partial charge in [0, 0.05) is 37.9 Å². The minimum absolute atomic E-state index is 0.0982. The van der Waals surface area contributed by atoms with E-state index in [2.05, 4.69) is 9.88 Å². The van der Waals surface area contributed by atoms with E-state index in [0.29, 0.717) is 25.1 Å². The first-order valence-corrected chi connectivity index (χ1v) is 10.9. The number of halogens is 1. The number of aromatic amines is 1. The predicted octanol–water partition coefficient (Wildman–Crippen LogP) is 2.58. The number of amides is 1. The zero-order valence-electron chi connectivity index (χ0n) is 17.1. The summed E-state index contributed by atoms with van der Waals surface area (Å²) in [6.45, 7) is 3.62. The van der Waals surface area contributed by atoms with Crippen LogP contribution in [0.1, 0.15) is 54.2 Å². The maximum atomic E-state index is 13.2. The van der Waals surface area contributed by atoms with Crippen LogP contribution in [0.2, 0.25) is 0 Å². The molecule has 1 aromatic carbocycles. The Bertz CT molecular complexity index is 999. The number of nitrogens with zero attached hydrogens (tertiary/aromatic N) is 3. The van der Waals surface area contributed by atoms with Crippen LogP contribution in [0.5, 0.6) is 0 Å². The molecule has 7 heteroatoms. The Kier molecular flexibility index (Phi) is 5.15. The van der Waals surface area contributed by atoms with Gasteiger partial charge in [-0.3, -0.25) is 14.5 Å². The molecule has 1 aromatic heterocycles. The molecule has 3 aliphatic rings. The number of benzene rings is 1. The average Bonchev–Trinajstić information content (AvgIpc) is 3.60. The summed E-state index contributed by atoms with van der Waals surface area (Å²) in [5.74, 6) is 1.09. The standard InChI is InChI=1S/C23H27FN4O2/c24-18-7-3-15(4-8-18)12-27-10-1-2-17(13-27)21-25-20-9-11-28(23(30)16-5-6-16)14-19(20)22(29)26-21/h3-4,7-8,16-17H,1-2,5-6,9-14H2,(H,25,26,29)/t17-/m1/s1. The van der Waals surface area contributed by atoms with Crippen LogP contribution in [0.25, 0.3) is 0 Å². The number of H-pyrrole nitrogens is 1. The zero-order valence-corrected chi connectivity index (χ0v) is 17.1. The summed E-state index contributed by atoms with van der Waals surface area (Å²) in [6, 6.07) is 6.65. The van der Waals surface area contributed by atoms with Gasteiger partial charge in [0.25, 0.3) is 5.56 Å². The fourth-order valence-electron chi connectivity index (χ4n) is 4.68. The van der Waals surface area contributed by atoms with E-state index in [9.17, 15) is 14.0 Å². The summed E-state index contributed by atoms with van der Waals surface area (Å²) in [7, 11) is 0. The van der Waals surface area contributed by atoms with Gasteiger partial charge in [-0.15, -0.1) is 0 Å². The quantitative estimate of drug-likeness (QED) is 0.841. The molecule has 30 heavy (non-hydrogen) atoms. The lowest BCUT2D eigenvalue weighted by Crippen LogP contribution is -2.41. The molecular weight excluding hydrogens is 383 g/mol. The highest BCUT2D eigenvalue weighted by atomic mass is 19.1. The highest BCUT2D eigenvalue weighted by Gasteiger charge is 2.35. The molecule has 1 amide bonds. The Morgan fingerprint density at radius 1 is 1.17 bits per heavy atom. The lowest BCUT2D eigenvalue weighted by molar-refractivity contribution is -0.133. The number of likely N-dealkylation sites (tertiary alicyclic amines) is 1. The SMILES string of the molecule is O=C(C1CC1)N1CCc2nc([C@@H]3CCCN(Cc4ccc(F)cc4)C3)[nH]c(=O)c2C1. The third-order valence-electron chi connectivity index (χ3n) is 6.54. The second kappa shape index (κ2) is 7.95. The Morgan fingerprint density at radius 3 is 2.73 bits per heavy atom. The summed E-state index contributed by atoms with van der Waals surface area (Å²) in [4.78, 5) is 37.2. The van der Waals surface area contributed by atoms with Crippen LogP contribution in [-0.2, 0) is 24.3 Å². The normalized spacial score (nSPS) is 22.0. The van der Waals surface area contributed by atoms with Gasteiger partial charge in [0.1, 0.15) is 11.6 Å². The van der Waals surface area contributed by atoms with Crippen molar-refractivity contribution >= 4 is 5.91 Å². The Balaban J connectivity index is 1.29. The van der Waals surface area contributed by atoms with Gasteiger partial charge in [-0.05, 0) is 49.9 Å². The van der Waals surface area contributed by atoms with Crippen molar-refractivity contribution in [2.45, 2.75) is 51.1 Å². The van der Waals surface area contributed by atoms with Crippen molar-refractivity contribution in [2.24, 2.45) is 5.92 Å². The first kappa shape index (κ1) is 19.4. The molecule has 2 aliphatic heterocycles. The number of hydrogen-bond donors (Lipinski definition) is 1. The highest BCUT2D eigenvalue weighted by molar-refractivity contribution is 5.81. The Labute approximate surface area is 175 Å². The third kappa shape index (κ3) is 4.03. The van der Waals surface area contributed by atoms with E-state index >= 15 is 0 Å². The molecule has 2 aromatic rings. The van der Waals surface area contributed by atoms with Crippen molar-refractivity contribution in [3.05, 3.63) is 63.1 Å². The maximum absolute atomic E-state index is 13.2. The van der Waals surface area contributed by atoms with E-state index in [1.807, 2.05) is 17.0 Å². The fraction of sp³-hybridized carbons (Fsp3) is 0.522. The first-order chi connectivity index (χ1) is 14.6. The molecule has 1 saturated carbocycles. The van der Waals surface area contributed by atoms with Crippen molar-refractivity contribution in [3.8, 4) is 0 Å². The summed E-state index contributed by atoms with van der Waals surface area (Å²) in [5, 5.41) is 0. The molecule has 2 fully saturated rings. The van der Waals surface area contributed by atoms with Crippen LogP contribution in [0.3, 0.4) is 0 Å². The Hall–Kier alpha value is -2.54. The molecule has 1 aliphatic carbocycles.